The van der Waals surface area contributed by atoms with Gasteiger partial charge in [0.05, 0.1) is 20.8 Å². The van der Waals surface area contributed by atoms with Gasteiger partial charge >= 0.3 is 0 Å². The highest BCUT2D eigenvalue weighted by Crippen LogP contribution is 2.44. The SMILES string of the molecule is COCCCC[C@@](O)(c1cccc(Cl)c1-c1cc(OC)cc(OC)c1)C1CNCCO1. The van der Waals surface area contributed by atoms with Crippen LogP contribution in [0, 0.1) is 0 Å². The number of methoxy groups -OCH3 is 3. The largest absolute Gasteiger partial charge is 0.497 e. The van der Waals surface area contributed by atoms with E-state index in [4.69, 9.17) is 30.5 Å². The van der Waals surface area contributed by atoms with Crippen LogP contribution >= 0.6 is 11.6 Å². The van der Waals surface area contributed by atoms with Gasteiger partial charge in [0, 0.05) is 43.5 Å². The average molecular weight is 450 g/mol. The first-order chi connectivity index (χ1) is 15.0. The van der Waals surface area contributed by atoms with Crippen LogP contribution in [0.3, 0.4) is 0 Å². The third-order valence-corrected chi connectivity index (χ3v) is 6.05. The maximum atomic E-state index is 12.1. The van der Waals surface area contributed by atoms with Gasteiger partial charge in [0.2, 0.25) is 0 Å². The molecule has 1 heterocycles. The normalized spacial score (nSPS) is 18.4. The average Bonchev–Trinajstić information content (AvgIpc) is 2.81. The van der Waals surface area contributed by atoms with Crippen LogP contribution in [0.4, 0.5) is 0 Å². The van der Waals surface area contributed by atoms with E-state index < -0.39 is 11.7 Å². The van der Waals surface area contributed by atoms with Crippen molar-refractivity contribution < 1.29 is 24.1 Å². The molecule has 7 heteroatoms. The Balaban J connectivity index is 2.11. The van der Waals surface area contributed by atoms with Gasteiger partial charge < -0.3 is 29.4 Å². The van der Waals surface area contributed by atoms with Gasteiger partial charge in [0.15, 0.2) is 0 Å². The van der Waals surface area contributed by atoms with Gasteiger partial charge in [-0.3, -0.25) is 0 Å². The number of hydrogen-bond donors (Lipinski definition) is 2. The van der Waals surface area contributed by atoms with E-state index in [9.17, 15) is 5.11 Å². The summed E-state index contributed by atoms with van der Waals surface area (Å²) in [7, 11) is 4.91. The molecule has 0 spiro atoms. The molecule has 1 saturated heterocycles. The Hall–Kier alpha value is -1.83. The summed E-state index contributed by atoms with van der Waals surface area (Å²) in [6.45, 7) is 2.53. The second-order valence-electron chi connectivity index (χ2n) is 7.70. The molecule has 2 atom stereocenters. The van der Waals surface area contributed by atoms with E-state index in [1.54, 1.807) is 21.3 Å². The van der Waals surface area contributed by atoms with E-state index in [1.807, 2.05) is 36.4 Å². The lowest BCUT2D eigenvalue weighted by molar-refractivity contribution is -0.129. The van der Waals surface area contributed by atoms with Crippen LogP contribution in [-0.4, -0.2) is 58.8 Å². The van der Waals surface area contributed by atoms with Gasteiger partial charge in [-0.15, -0.1) is 0 Å². The lowest BCUT2D eigenvalue weighted by Gasteiger charge is -2.40. The second-order valence-corrected chi connectivity index (χ2v) is 8.11. The number of halogens is 1. The van der Waals surface area contributed by atoms with E-state index in [0.717, 1.165) is 36.1 Å². The van der Waals surface area contributed by atoms with Gasteiger partial charge in [-0.2, -0.15) is 0 Å². The molecule has 1 aliphatic heterocycles. The smallest absolute Gasteiger partial charge is 0.123 e. The molecule has 1 aliphatic rings. The van der Waals surface area contributed by atoms with Crippen LogP contribution < -0.4 is 14.8 Å². The summed E-state index contributed by atoms with van der Waals surface area (Å²) >= 11 is 6.71. The maximum absolute atomic E-state index is 12.1. The van der Waals surface area contributed by atoms with Crippen LogP contribution in [0.2, 0.25) is 5.02 Å². The summed E-state index contributed by atoms with van der Waals surface area (Å²) in [4.78, 5) is 0. The van der Waals surface area contributed by atoms with E-state index in [0.29, 0.717) is 42.7 Å². The molecule has 1 fully saturated rings. The molecule has 3 rings (SSSR count). The summed E-state index contributed by atoms with van der Waals surface area (Å²) < 4.78 is 22.2. The van der Waals surface area contributed by atoms with Crippen LogP contribution in [0.15, 0.2) is 36.4 Å². The van der Waals surface area contributed by atoms with Crippen LogP contribution in [0.25, 0.3) is 11.1 Å². The Morgan fingerprint density at radius 1 is 1.13 bits per heavy atom. The molecule has 0 bridgehead atoms. The Kier molecular flexibility index (Phi) is 8.58. The van der Waals surface area contributed by atoms with Crippen LogP contribution in [-0.2, 0) is 15.1 Å². The predicted octanol–water partition coefficient (Wildman–Crippen LogP) is 4.02. The Labute approximate surface area is 189 Å². The lowest BCUT2D eigenvalue weighted by Crippen LogP contribution is -2.51. The second kappa shape index (κ2) is 11.2. The highest BCUT2D eigenvalue weighted by Gasteiger charge is 2.42. The molecular weight excluding hydrogens is 418 g/mol. The lowest BCUT2D eigenvalue weighted by atomic mass is 9.79. The molecule has 0 radical (unpaired) electrons. The van der Waals surface area contributed by atoms with Crippen molar-refractivity contribution in [2.24, 2.45) is 0 Å². The number of rotatable bonds is 10. The highest BCUT2D eigenvalue weighted by atomic mass is 35.5. The van der Waals surface area contributed by atoms with Crippen LogP contribution in [0.5, 0.6) is 11.5 Å². The van der Waals surface area contributed by atoms with Gasteiger partial charge in [-0.25, -0.2) is 0 Å². The first-order valence-corrected chi connectivity index (χ1v) is 11.0. The van der Waals surface area contributed by atoms with Gasteiger partial charge in [0.1, 0.15) is 23.2 Å². The fourth-order valence-corrected chi connectivity index (χ4v) is 4.40. The van der Waals surface area contributed by atoms with Gasteiger partial charge in [-0.1, -0.05) is 23.7 Å². The number of ether oxygens (including phenoxy) is 4. The minimum absolute atomic E-state index is 0.395. The zero-order chi connectivity index (χ0) is 22.3. The van der Waals surface area contributed by atoms with Crippen molar-refractivity contribution in [3.63, 3.8) is 0 Å². The van der Waals surface area contributed by atoms with Crippen molar-refractivity contribution in [2.45, 2.75) is 31.0 Å². The Bertz CT molecular complexity index is 834. The fourth-order valence-electron chi connectivity index (χ4n) is 4.11. The monoisotopic (exact) mass is 449 g/mol. The molecular formula is C24H32ClNO5. The first-order valence-electron chi connectivity index (χ1n) is 10.6. The third kappa shape index (κ3) is 5.51. The summed E-state index contributed by atoms with van der Waals surface area (Å²) in [6, 6.07) is 11.2. The highest BCUT2D eigenvalue weighted by molar-refractivity contribution is 6.33. The van der Waals surface area contributed by atoms with E-state index in [1.165, 1.54) is 0 Å². The molecule has 0 aromatic heterocycles. The van der Waals surface area contributed by atoms with Gasteiger partial charge in [-0.05, 0) is 48.6 Å². The Morgan fingerprint density at radius 3 is 2.48 bits per heavy atom. The van der Waals surface area contributed by atoms with Crippen molar-refractivity contribution in [2.75, 3.05) is 47.6 Å². The molecule has 0 aliphatic carbocycles. The standard InChI is InChI=1S/C24H32ClNO5/c1-28-11-5-4-9-24(27,22-16-26-10-12-31-22)20-7-6-8-21(25)23(20)17-13-18(29-2)15-19(14-17)30-3/h6-8,13-15,22,26-27H,4-5,9-12,16H2,1-3H3/t22?,24-/m1/s1. The number of morpholine rings is 1. The molecule has 6 nitrogen and oxygen atoms in total. The molecule has 2 aromatic carbocycles. The molecule has 1 unspecified atom stereocenters. The minimum Gasteiger partial charge on any atom is -0.497 e. The van der Waals surface area contributed by atoms with Crippen molar-refractivity contribution in [1.82, 2.24) is 5.32 Å². The third-order valence-electron chi connectivity index (χ3n) is 5.74. The maximum Gasteiger partial charge on any atom is 0.123 e. The van der Waals surface area contributed by atoms with E-state index in [2.05, 4.69) is 5.32 Å². The number of unbranched alkanes of at least 4 members (excludes halogenated alkanes) is 1. The van der Waals surface area contributed by atoms with Crippen molar-refractivity contribution >= 4 is 11.6 Å². The zero-order valence-electron chi connectivity index (χ0n) is 18.4. The quantitative estimate of drug-likeness (QED) is 0.534. The predicted molar refractivity (Wildman–Crippen MR) is 122 cm³/mol. The summed E-state index contributed by atoms with van der Waals surface area (Å²) in [5.41, 5.74) is 1.08. The van der Waals surface area contributed by atoms with E-state index in [-0.39, 0.29) is 0 Å². The van der Waals surface area contributed by atoms with Crippen molar-refractivity contribution in [1.29, 1.82) is 0 Å². The zero-order valence-corrected chi connectivity index (χ0v) is 19.2. The molecule has 170 valence electrons. The molecule has 0 amide bonds. The summed E-state index contributed by atoms with van der Waals surface area (Å²) in [6.07, 6.45) is 1.77. The van der Waals surface area contributed by atoms with E-state index >= 15 is 0 Å². The van der Waals surface area contributed by atoms with Crippen LogP contribution in [0.1, 0.15) is 24.8 Å². The molecule has 0 saturated carbocycles. The number of benzene rings is 2. The molecule has 2 N–H and O–H groups in total. The van der Waals surface area contributed by atoms with Crippen molar-refractivity contribution in [3.8, 4) is 22.6 Å². The summed E-state index contributed by atoms with van der Waals surface area (Å²) in [5.74, 6) is 1.30. The minimum atomic E-state index is -1.22. The molecule has 2 aromatic rings. The summed E-state index contributed by atoms with van der Waals surface area (Å²) in [5, 5.41) is 16.0. The van der Waals surface area contributed by atoms with Gasteiger partial charge in [0.25, 0.3) is 0 Å². The number of nitrogens with one attached hydrogen (secondary N) is 1. The first kappa shape index (κ1) is 23.8. The Morgan fingerprint density at radius 2 is 1.87 bits per heavy atom. The fraction of sp³-hybridized carbons (Fsp3) is 0.500. The topological polar surface area (TPSA) is 69.2 Å². The molecule has 31 heavy (non-hydrogen) atoms. The number of hydrogen-bond acceptors (Lipinski definition) is 6. The van der Waals surface area contributed by atoms with Crippen molar-refractivity contribution in [3.05, 3.63) is 47.0 Å². The number of aliphatic hydroxyl groups is 1.